The van der Waals surface area contributed by atoms with Crippen LogP contribution >= 0.6 is 0 Å². The van der Waals surface area contributed by atoms with Crippen molar-refractivity contribution >= 4 is 22.9 Å². The molecule has 2 unspecified atom stereocenters. The molecule has 2 aliphatic heterocycles. The molecule has 9 heteroatoms. The lowest BCUT2D eigenvalue weighted by Gasteiger charge is -2.31. The van der Waals surface area contributed by atoms with E-state index >= 15 is 4.39 Å². The maximum atomic E-state index is 15.0. The second-order valence-corrected chi connectivity index (χ2v) is 9.21. The molecule has 3 aromatic rings. The van der Waals surface area contributed by atoms with Gasteiger partial charge in [-0.2, -0.15) is 5.10 Å². The molecule has 174 valence electrons. The first-order chi connectivity index (χ1) is 15.9. The molecule has 8 nitrogen and oxygen atoms in total. The zero-order valence-electron chi connectivity index (χ0n) is 19.0. The number of carbonyl (C=O) groups is 1. The van der Waals surface area contributed by atoms with E-state index in [2.05, 4.69) is 20.3 Å². The van der Waals surface area contributed by atoms with E-state index in [-0.39, 0.29) is 11.8 Å². The molecular formula is C24H28FN5O3. The molecular weight excluding hydrogens is 425 g/mol. The van der Waals surface area contributed by atoms with Gasteiger partial charge in [0, 0.05) is 43.5 Å². The second kappa shape index (κ2) is 8.30. The summed E-state index contributed by atoms with van der Waals surface area (Å²) in [5, 5.41) is 7.26. The van der Waals surface area contributed by atoms with Gasteiger partial charge in [0.05, 0.1) is 30.8 Å². The van der Waals surface area contributed by atoms with Crippen molar-refractivity contribution < 1.29 is 18.7 Å². The van der Waals surface area contributed by atoms with Crippen LogP contribution in [-0.4, -0.2) is 58.6 Å². The Kier molecular flexibility index (Phi) is 5.44. The van der Waals surface area contributed by atoms with Crippen LogP contribution in [0.1, 0.15) is 36.7 Å². The largest absolute Gasteiger partial charge is 0.484 e. The Labute approximate surface area is 191 Å². The van der Waals surface area contributed by atoms with Crippen molar-refractivity contribution in [3.63, 3.8) is 0 Å². The molecule has 0 bridgehead atoms. The van der Waals surface area contributed by atoms with Crippen LogP contribution in [0.2, 0.25) is 0 Å². The van der Waals surface area contributed by atoms with Gasteiger partial charge in [0.1, 0.15) is 23.1 Å². The van der Waals surface area contributed by atoms with E-state index in [0.717, 1.165) is 11.3 Å². The van der Waals surface area contributed by atoms with Crippen LogP contribution in [-0.2, 0) is 11.2 Å². The number of alkyl halides is 1. The molecule has 2 atom stereocenters. The van der Waals surface area contributed by atoms with Gasteiger partial charge in [-0.25, -0.2) is 13.9 Å². The number of amides is 1. The number of nitrogens with one attached hydrogen (secondary N) is 1. The summed E-state index contributed by atoms with van der Waals surface area (Å²) in [6.07, 6.45) is 4.21. The minimum Gasteiger partial charge on any atom is -0.484 e. The summed E-state index contributed by atoms with van der Waals surface area (Å²) in [4.78, 5) is 19.6. The number of carbonyl (C=O) groups excluding carboxylic acids is 1. The minimum absolute atomic E-state index is 0.162. The molecule has 1 fully saturated rings. The number of aromatic nitrogens is 3. The van der Waals surface area contributed by atoms with E-state index < -0.39 is 11.8 Å². The van der Waals surface area contributed by atoms with Crippen molar-refractivity contribution in [1.82, 2.24) is 14.6 Å². The van der Waals surface area contributed by atoms with E-state index in [9.17, 15) is 4.79 Å². The predicted octanol–water partition coefficient (Wildman–Crippen LogP) is 3.51. The Balaban J connectivity index is 1.50. The van der Waals surface area contributed by atoms with Crippen LogP contribution < -0.4 is 15.0 Å². The van der Waals surface area contributed by atoms with Gasteiger partial charge in [0.2, 0.25) is 0 Å². The number of ether oxygens (including phenoxy) is 2. The first kappa shape index (κ1) is 21.6. The summed E-state index contributed by atoms with van der Waals surface area (Å²) in [5.74, 6) is 0.202. The van der Waals surface area contributed by atoms with Crippen molar-refractivity contribution in [2.45, 2.75) is 39.0 Å². The number of halogens is 1. The minimum atomic E-state index is -1.11. The fourth-order valence-electron chi connectivity index (χ4n) is 4.71. The van der Waals surface area contributed by atoms with Crippen LogP contribution in [0.4, 0.5) is 15.8 Å². The number of benzene rings is 1. The lowest BCUT2D eigenvalue weighted by molar-refractivity contribution is 0.000305. The molecule has 1 N–H and O–H groups in total. The topological polar surface area (TPSA) is 81.0 Å². The first-order valence-electron chi connectivity index (χ1n) is 11.3. The molecule has 0 spiro atoms. The highest BCUT2D eigenvalue weighted by Crippen LogP contribution is 2.44. The van der Waals surface area contributed by atoms with Gasteiger partial charge >= 0.3 is 0 Å². The Bertz CT molecular complexity index is 1190. The summed E-state index contributed by atoms with van der Waals surface area (Å²) in [6, 6.07) is 5.59. The molecule has 33 heavy (non-hydrogen) atoms. The summed E-state index contributed by atoms with van der Waals surface area (Å²) in [5.41, 5.74) is 2.30. The molecule has 1 saturated heterocycles. The third-order valence-electron chi connectivity index (χ3n) is 6.36. The molecule has 1 aromatic carbocycles. The van der Waals surface area contributed by atoms with Crippen molar-refractivity contribution in [3.05, 3.63) is 47.9 Å². The number of hydrogen-bond acceptors (Lipinski definition) is 6. The van der Waals surface area contributed by atoms with Gasteiger partial charge in [0.15, 0.2) is 5.65 Å². The predicted molar refractivity (Wildman–Crippen MR) is 123 cm³/mol. The zero-order chi connectivity index (χ0) is 23.2. The maximum Gasteiger partial charge on any atom is 0.261 e. The number of hydrogen-bond donors (Lipinski definition) is 1. The van der Waals surface area contributed by atoms with Crippen LogP contribution in [0, 0.1) is 5.92 Å². The fourth-order valence-corrected chi connectivity index (χ4v) is 4.71. The molecule has 0 radical (unpaired) electrons. The average molecular weight is 454 g/mol. The highest BCUT2D eigenvalue weighted by atomic mass is 19.1. The van der Waals surface area contributed by atoms with Crippen LogP contribution in [0.5, 0.6) is 5.75 Å². The Morgan fingerprint density at radius 3 is 2.82 bits per heavy atom. The highest BCUT2D eigenvalue weighted by molar-refractivity contribution is 6.09. The van der Waals surface area contributed by atoms with Crippen LogP contribution in [0.15, 0.2) is 36.8 Å². The summed E-state index contributed by atoms with van der Waals surface area (Å²) >= 11 is 0. The van der Waals surface area contributed by atoms with Crippen LogP contribution in [0.3, 0.4) is 0 Å². The summed E-state index contributed by atoms with van der Waals surface area (Å²) in [7, 11) is 0. The Morgan fingerprint density at radius 1 is 1.27 bits per heavy atom. The lowest BCUT2D eigenvalue weighted by Crippen LogP contribution is -2.44. The molecule has 5 rings (SSSR count). The lowest BCUT2D eigenvalue weighted by atomic mass is 9.88. The highest BCUT2D eigenvalue weighted by Gasteiger charge is 2.44. The SMILES string of the molecule is CC(C)C(F)C1(C)Cc2cc(NC(=O)c3cnn4cccnc34)c(N3CCOCC3)cc2O1. The first-order valence-corrected chi connectivity index (χ1v) is 11.3. The van der Waals surface area contributed by atoms with E-state index in [1.165, 1.54) is 6.20 Å². The summed E-state index contributed by atoms with van der Waals surface area (Å²) in [6.45, 7) is 8.11. The van der Waals surface area contributed by atoms with Gasteiger partial charge in [-0.15, -0.1) is 0 Å². The van der Waals surface area contributed by atoms with Crippen molar-refractivity contribution in [2.75, 3.05) is 36.5 Å². The number of fused-ring (bicyclic) bond motifs is 2. The number of morpholine rings is 1. The quantitative estimate of drug-likeness (QED) is 0.637. The third-order valence-corrected chi connectivity index (χ3v) is 6.36. The average Bonchev–Trinajstić information content (AvgIpc) is 3.39. The van der Waals surface area contributed by atoms with E-state index in [0.29, 0.717) is 55.4 Å². The molecule has 2 aliphatic rings. The molecule has 0 saturated carbocycles. The van der Waals surface area contributed by atoms with Gasteiger partial charge in [-0.3, -0.25) is 4.79 Å². The smallest absolute Gasteiger partial charge is 0.261 e. The van der Waals surface area contributed by atoms with Gasteiger partial charge in [-0.1, -0.05) is 13.8 Å². The monoisotopic (exact) mass is 453 g/mol. The number of anilines is 2. The van der Waals surface area contributed by atoms with Crippen molar-refractivity contribution in [2.24, 2.45) is 5.92 Å². The fraction of sp³-hybridized carbons (Fsp3) is 0.458. The third kappa shape index (κ3) is 3.90. The van der Waals surface area contributed by atoms with E-state index in [1.807, 2.05) is 32.9 Å². The van der Waals surface area contributed by atoms with Gasteiger partial charge in [0.25, 0.3) is 5.91 Å². The molecule has 0 aliphatic carbocycles. The number of nitrogens with zero attached hydrogens (tertiary/aromatic N) is 4. The Hall–Kier alpha value is -3.20. The Morgan fingerprint density at radius 2 is 2.06 bits per heavy atom. The second-order valence-electron chi connectivity index (χ2n) is 9.21. The van der Waals surface area contributed by atoms with E-state index in [4.69, 9.17) is 9.47 Å². The van der Waals surface area contributed by atoms with E-state index in [1.54, 1.807) is 23.0 Å². The molecule has 1 amide bonds. The molecule has 4 heterocycles. The summed E-state index contributed by atoms with van der Waals surface area (Å²) < 4.78 is 28.3. The zero-order valence-corrected chi connectivity index (χ0v) is 19.0. The van der Waals surface area contributed by atoms with Crippen molar-refractivity contribution in [1.29, 1.82) is 0 Å². The normalized spacial score (nSPS) is 21.2. The molecule has 2 aromatic heterocycles. The van der Waals surface area contributed by atoms with Gasteiger partial charge in [-0.05, 0) is 25.0 Å². The van der Waals surface area contributed by atoms with Crippen LogP contribution in [0.25, 0.3) is 5.65 Å². The number of rotatable bonds is 5. The maximum absolute atomic E-state index is 15.0. The van der Waals surface area contributed by atoms with Crippen molar-refractivity contribution in [3.8, 4) is 5.75 Å². The van der Waals surface area contributed by atoms with Gasteiger partial charge < -0.3 is 19.7 Å². The standard InChI is InChI=1S/C24H28FN5O3/c1-15(2)21(25)24(3)13-16-11-18(19(12-20(16)33-24)29-7-9-32-10-8-29)28-23(31)17-14-27-30-6-4-5-26-22(17)30/h4-6,11-12,14-15,21H,7-10,13H2,1-3H3,(H,28,31).